The van der Waals surface area contributed by atoms with Gasteiger partial charge in [0.2, 0.25) is 10.0 Å². The first kappa shape index (κ1) is 21.3. The molecule has 2 aromatic carbocycles. The van der Waals surface area contributed by atoms with Gasteiger partial charge in [0, 0.05) is 30.8 Å². The quantitative estimate of drug-likeness (QED) is 0.455. The van der Waals surface area contributed by atoms with E-state index in [0.717, 1.165) is 12.8 Å². The number of carbonyl (C=O) groups excluding carboxylic acids is 1. The van der Waals surface area contributed by atoms with E-state index >= 15 is 0 Å². The fraction of sp³-hybridized carbons (Fsp3) is 0.300. The maximum Gasteiger partial charge on any atom is 0.271 e. The Balaban J connectivity index is 1.48. The molecule has 1 amide bonds. The normalized spacial score (nSPS) is 15.8. The first-order valence-corrected chi connectivity index (χ1v) is 12.0. The minimum absolute atomic E-state index is 0.0735. The first-order chi connectivity index (χ1) is 14.7. The highest BCUT2D eigenvalue weighted by atomic mass is 32.2. The van der Waals surface area contributed by atoms with Crippen LogP contribution in [-0.2, 0) is 10.0 Å². The van der Waals surface area contributed by atoms with Gasteiger partial charge in [0.05, 0.1) is 20.0 Å². The fourth-order valence-electron chi connectivity index (χ4n) is 3.40. The van der Waals surface area contributed by atoms with E-state index in [1.807, 2.05) is 0 Å². The third kappa shape index (κ3) is 4.43. The van der Waals surface area contributed by atoms with Gasteiger partial charge in [0.25, 0.3) is 11.6 Å². The number of hydrogen-bond donors (Lipinski definition) is 1. The molecule has 1 aromatic heterocycles. The number of anilines is 1. The Hall–Kier alpha value is -2.89. The summed E-state index contributed by atoms with van der Waals surface area (Å²) in [6, 6.07) is 10.1. The lowest BCUT2D eigenvalue weighted by atomic mass is 10.0. The van der Waals surface area contributed by atoms with Gasteiger partial charge in [-0.05, 0) is 49.1 Å². The maximum atomic E-state index is 12.8. The van der Waals surface area contributed by atoms with Crippen LogP contribution < -0.4 is 5.32 Å². The average Bonchev–Trinajstić information content (AvgIpc) is 3.15. The maximum absolute atomic E-state index is 12.8. The molecule has 9 nitrogen and oxygen atoms in total. The van der Waals surface area contributed by atoms with Crippen molar-refractivity contribution in [1.29, 1.82) is 0 Å². The Morgan fingerprint density at radius 1 is 1.19 bits per heavy atom. The summed E-state index contributed by atoms with van der Waals surface area (Å²) in [6.07, 6.45) is 1.68. The number of amides is 1. The summed E-state index contributed by atoms with van der Waals surface area (Å²) < 4.78 is 27.8. The summed E-state index contributed by atoms with van der Waals surface area (Å²) in [5, 5.41) is 13.9. The molecule has 0 radical (unpaired) electrons. The monoisotopic (exact) mass is 460 g/mol. The molecular formula is C20H20N4O5S2. The largest absolute Gasteiger partial charge is 0.298 e. The van der Waals surface area contributed by atoms with E-state index in [1.165, 1.54) is 52.0 Å². The van der Waals surface area contributed by atoms with Crippen molar-refractivity contribution in [3.8, 4) is 0 Å². The third-order valence-corrected chi connectivity index (χ3v) is 8.16. The second kappa shape index (κ2) is 8.33. The second-order valence-corrected chi connectivity index (χ2v) is 10.5. The number of aromatic nitrogens is 1. The fourth-order valence-corrected chi connectivity index (χ4v) is 5.72. The first-order valence-electron chi connectivity index (χ1n) is 9.70. The smallest absolute Gasteiger partial charge is 0.271 e. The van der Waals surface area contributed by atoms with Crippen molar-refractivity contribution in [3.63, 3.8) is 0 Å². The summed E-state index contributed by atoms with van der Waals surface area (Å²) >= 11 is 1.20. The van der Waals surface area contributed by atoms with Crippen molar-refractivity contribution < 1.29 is 18.1 Å². The van der Waals surface area contributed by atoms with Crippen LogP contribution in [0, 0.1) is 16.0 Å². The number of piperidine rings is 1. The average molecular weight is 461 g/mol. The highest BCUT2D eigenvalue weighted by Crippen LogP contribution is 2.29. The number of benzene rings is 2. The lowest BCUT2D eigenvalue weighted by Gasteiger charge is -2.29. The van der Waals surface area contributed by atoms with Gasteiger partial charge in [-0.2, -0.15) is 4.31 Å². The van der Waals surface area contributed by atoms with Gasteiger partial charge in [0.1, 0.15) is 0 Å². The lowest BCUT2D eigenvalue weighted by molar-refractivity contribution is -0.384. The van der Waals surface area contributed by atoms with Crippen LogP contribution in [-0.4, -0.2) is 41.6 Å². The van der Waals surface area contributed by atoms with Crippen molar-refractivity contribution in [1.82, 2.24) is 9.29 Å². The molecule has 0 unspecified atom stereocenters. The Labute approximate surface area is 182 Å². The number of non-ortho nitro benzene ring substituents is 1. The van der Waals surface area contributed by atoms with Gasteiger partial charge in [-0.3, -0.25) is 20.2 Å². The molecule has 3 aromatic rings. The number of fused-ring (bicyclic) bond motifs is 1. The predicted molar refractivity (Wildman–Crippen MR) is 118 cm³/mol. The molecule has 1 fully saturated rings. The topological polar surface area (TPSA) is 123 Å². The Morgan fingerprint density at radius 3 is 2.52 bits per heavy atom. The summed E-state index contributed by atoms with van der Waals surface area (Å²) in [7, 11) is -3.58. The Bertz CT molecular complexity index is 1250. The molecular weight excluding hydrogens is 440 g/mol. The number of nitrogens with one attached hydrogen (secondary N) is 1. The van der Waals surface area contributed by atoms with Gasteiger partial charge >= 0.3 is 0 Å². The molecule has 11 heteroatoms. The molecule has 0 atom stereocenters. The molecule has 0 aliphatic carbocycles. The summed E-state index contributed by atoms with van der Waals surface area (Å²) in [4.78, 5) is 27.3. The lowest BCUT2D eigenvalue weighted by Crippen LogP contribution is -2.37. The summed E-state index contributed by atoms with van der Waals surface area (Å²) in [6.45, 7) is 3.12. The molecule has 4 rings (SSSR count). The molecule has 1 aliphatic rings. The zero-order valence-electron chi connectivity index (χ0n) is 16.6. The Morgan fingerprint density at radius 2 is 1.87 bits per heavy atom. The molecule has 1 saturated heterocycles. The van der Waals surface area contributed by atoms with E-state index < -0.39 is 20.9 Å². The number of nitro benzene ring substituents is 1. The number of nitro groups is 1. The SMILES string of the molecule is CC1CCN(S(=O)(=O)c2ccc(C(=O)Nc3nc4cc([N+](=O)[O-])ccc4s3)cc2)CC1. The van der Waals surface area contributed by atoms with Gasteiger partial charge < -0.3 is 0 Å². The van der Waals surface area contributed by atoms with Crippen molar-refractivity contribution in [2.75, 3.05) is 18.4 Å². The molecule has 1 N–H and O–H groups in total. The van der Waals surface area contributed by atoms with Crippen molar-refractivity contribution in [3.05, 3.63) is 58.1 Å². The van der Waals surface area contributed by atoms with Crippen LogP contribution in [0.15, 0.2) is 47.4 Å². The van der Waals surface area contributed by atoms with E-state index in [2.05, 4.69) is 17.2 Å². The van der Waals surface area contributed by atoms with Crippen LogP contribution in [0.2, 0.25) is 0 Å². The van der Waals surface area contributed by atoms with Gasteiger partial charge in [-0.25, -0.2) is 13.4 Å². The van der Waals surface area contributed by atoms with Crippen LogP contribution in [0.4, 0.5) is 10.8 Å². The summed E-state index contributed by atoms with van der Waals surface area (Å²) in [5.41, 5.74) is 0.638. The minimum atomic E-state index is -3.58. The third-order valence-electron chi connectivity index (χ3n) is 5.30. The number of thiazole rings is 1. The highest BCUT2D eigenvalue weighted by Gasteiger charge is 2.28. The predicted octanol–water partition coefficient (Wildman–Crippen LogP) is 3.88. The molecule has 0 bridgehead atoms. The number of carbonyl (C=O) groups is 1. The molecule has 31 heavy (non-hydrogen) atoms. The van der Waals surface area contributed by atoms with Crippen LogP contribution in [0.25, 0.3) is 10.2 Å². The highest BCUT2D eigenvalue weighted by molar-refractivity contribution is 7.89. The zero-order chi connectivity index (χ0) is 22.2. The number of sulfonamides is 1. The van der Waals surface area contributed by atoms with Crippen molar-refractivity contribution in [2.45, 2.75) is 24.7 Å². The standard InChI is InChI=1S/C20H20N4O5S2/c1-13-8-10-23(11-9-13)31(28,29)16-5-2-14(3-6-16)19(25)22-20-21-17-12-15(24(26)27)4-7-18(17)30-20/h2-7,12-13H,8-11H2,1H3,(H,21,22,25). The summed E-state index contributed by atoms with van der Waals surface area (Å²) in [5.74, 6) is 0.0791. The zero-order valence-corrected chi connectivity index (χ0v) is 18.3. The van der Waals surface area contributed by atoms with Gasteiger partial charge in [-0.15, -0.1) is 0 Å². The molecule has 0 spiro atoms. The van der Waals surface area contributed by atoms with E-state index in [9.17, 15) is 23.3 Å². The van der Waals surface area contributed by atoms with Gasteiger partial charge in [-0.1, -0.05) is 18.3 Å². The molecule has 162 valence electrons. The van der Waals surface area contributed by atoms with Crippen LogP contribution in [0.1, 0.15) is 30.1 Å². The van der Waals surface area contributed by atoms with E-state index in [0.29, 0.717) is 34.4 Å². The van der Waals surface area contributed by atoms with E-state index in [-0.39, 0.29) is 16.1 Å². The second-order valence-electron chi connectivity index (χ2n) is 7.49. The van der Waals surface area contributed by atoms with Crippen LogP contribution in [0.3, 0.4) is 0 Å². The number of nitrogens with zero attached hydrogens (tertiary/aromatic N) is 3. The number of hydrogen-bond acceptors (Lipinski definition) is 7. The molecule has 1 aliphatic heterocycles. The van der Waals surface area contributed by atoms with Crippen LogP contribution >= 0.6 is 11.3 Å². The minimum Gasteiger partial charge on any atom is -0.298 e. The van der Waals surface area contributed by atoms with E-state index in [1.54, 1.807) is 6.07 Å². The van der Waals surface area contributed by atoms with Gasteiger partial charge in [0.15, 0.2) is 5.13 Å². The van der Waals surface area contributed by atoms with E-state index in [4.69, 9.17) is 0 Å². The van der Waals surface area contributed by atoms with Crippen LogP contribution in [0.5, 0.6) is 0 Å². The molecule has 2 heterocycles. The molecule has 0 saturated carbocycles. The van der Waals surface area contributed by atoms with Crippen molar-refractivity contribution >= 4 is 48.3 Å². The Kier molecular flexibility index (Phi) is 5.73. The van der Waals surface area contributed by atoms with Crippen molar-refractivity contribution in [2.24, 2.45) is 5.92 Å². The number of rotatable bonds is 5.